The number of nitrogens with one attached hydrogen (secondary N) is 2. The second-order valence-corrected chi connectivity index (χ2v) is 5.94. The topological polar surface area (TPSA) is 61.4 Å². The van der Waals surface area contributed by atoms with Gasteiger partial charge >= 0.3 is 6.03 Å². The molecule has 0 unspecified atom stereocenters. The molecule has 0 atom stereocenters. The molecule has 0 spiro atoms. The van der Waals surface area contributed by atoms with Crippen LogP contribution in [0.4, 0.5) is 4.79 Å². The van der Waals surface area contributed by atoms with E-state index >= 15 is 0 Å². The highest BCUT2D eigenvalue weighted by Gasteiger charge is 2.28. The van der Waals surface area contributed by atoms with Crippen LogP contribution in [-0.2, 0) is 4.79 Å². The van der Waals surface area contributed by atoms with E-state index in [0.29, 0.717) is 0 Å². The molecule has 5 nitrogen and oxygen atoms in total. The van der Waals surface area contributed by atoms with Gasteiger partial charge in [0.1, 0.15) is 0 Å². The Morgan fingerprint density at radius 2 is 1.74 bits per heavy atom. The van der Waals surface area contributed by atoms with Crippen molar-refractivity contribution < 1.29 is 9.59 Å². The summed E-state index contributed by atoms with van der Waals surface area (Å²) < 4.78 is 0. The number of rotatable bonds is 4. The van der Waals surface area contributed by atoms with Crippen LogP contribution < -0.4 is 10.6 Å². The van der Waals surface area contributed by atoms with Crippen molar-refractivity contribution in [1.29, 1.82) is 0 Å². The lowest BCUT2D eigenvalue weighted by atomic mass is 9.85. The number of carbonyl (C=O) groups excluding carboxylic acids is 2. The lowest BCUT2D eigenvalue weighted by molar-refractivity contribution is -0.125. The van der Waals surface area contributed by atoms with Crippen LogP contribution in [0.25, 0.3) is 0 Å². The van der Waals surface area contributed by atoms with Crippen LogP contribution in [0.3, 0.4) is 0 Å². The second-order valence-electron chi connectivity index (χ2n) is 5.94. The highest BCUT2D eigenvalue weighted by molar-refractivity contribution is 5.78. The molecule has 0 heterocycles. The van der Waals surface area contributed by atoms with E-state index in [1.165, 1.54) is 12.8 Å². The van der Waals surface area contributed by atoms with E-state index in [1.807, 2.05) is 7.05 Å². The minimum Gasteiger partial charge on any atom is -0.359 e. The number of hydrogen-bond donors (Lipinski definition) is 2. The van der Waals surface area contributed by atoms with Crippen molar-refractivity contribution in [3.8, 4) is 0 Å². The molecule has 0 bridgehead atoms. The van der Waals surface area contributed by atoms with Crippen LogP contribution in [0, 0.1) is 11.8 Å². The molecular formula is C14H25N3O2. The zero-order chi connectivity index (χ0) is 13.8. The SMILES string of the molecule is CNC(=O)C1CCC(NC(=O)N(C)CC2CC2)CC1. The lowest BCUT2D eigenvalue weighted by Crippen LogP contribution is -2.46. The van der Waals surface area contributed by atoms with Crippen molar-refractivity contribution in [2.75, 3.05) is 20.6 Å². The average molecular weight is 267 g/mol. The summed E-state index contributed by atoms with van der Waals surface area (Å²) in [5, 5.41) is 5.79. The van der Waals surface area contributed by atoms with Gasteiger partial charge in [-0.25, -0.2) is 4.79 Å². The van der Waals surface area contributed by atoms with Gasteiger partial charge in [-0.3, -0.25) is 4.79 Å². The molecule has 3 amide bonds. The summed E-state index contributed by atoms with van der Waals surface area (Å²) in [6.07, 6.45) is 6.07. The summed E-state index contributed by atoms with van der Waals surface area (Å²) in [6, 6.07) is 0.269. The Balaban J connectivity index is 1.69. The monoisotopic (exact) mass is 267 g/mol. The van der Waals surface area contributed by atoms with Gasteiger partial charge in [-0.15, -0.1) is 0 Å². The van der Waals surface area contributed by atoms with E-state index < -0.39 is 0 Å². The Morgan fingerprint density at radius 3 is 2.26 bits per heavy atom. The highest BCUT2D eigenvalue weighted by Crippen LogP contribution is 2.29. The Hall–Kier alpha value is -1.26. The molecule has 2 aliphatic carbocycles. The number of amides is 3. The van der Waals surface area contributed by atoms with E-state index in [-0.39, 0.29) is 23.9 Å². The van der Waals surface area contributed by atoms with Crippen molar-refractivity contribution in [1.82, 2.24) is 15.5 Å². The van der Waals surface area contributed by atoms with Gasteiger partial charge in [-0.2, -0.15) is 0 Å². The van der Waals surface area contributed by atoms with Gasteiger partial charge in [0.25, 0.3) is 0 Å². The standard InChI is InChI=1S/C14H25N3O2/c1-15-13(18)11-5-7-12(8-6-11)16-14(19)17(2)9-10-3-4-10/h10-12H,3-9H2,1-2H3,(H,15,18)(H,16,19). The first kappa shape index (κ1) is 14.2. The van der Waals surface area contributed by atoms with Gasteiger partial charge in [0.05, 0.1) is 0 Å². The maximum atomic E-state index is 12.0. The third-order valence-electron chi connectivity index (χ3n) is 4.25. The fourth-order valence-corrected chi connectivity index (χ4v) is 2.76. The molecule has 2 saturated carbocycles. The van der Waals surface area contributed by atoms with Gasteiger partial charge in [0.2, 0.25) is 5.91 Å². The molecule has 2 aliphatic rings. The Labute approximate surface area is 115 Å². The number of carbonyl (C=O) groups is 2. The van der Waals surface area contributed by atoms with Crippen molar-refractivity contribution in [2.24, 2.45) is 11.8 Å². The number of urea groups is 1. The van der Waals surface area contributed by atoms with Gasteiger partial charge in [0, 0.05) is 32.6 Å². The van der Waals surface area contributed by atoms with Crippen LogP contribution in [0.2, 0.25) is 0 Å². The minimum absolute atomic E-state index is 0.0373. The van der Waals surface area contributed by atoms with Gasteiger partial charge in [-0.05, 0) is 44.4 Å². The fraction of sp³-hybridized carbons (Fsp3) is 0.857. The normalized spacial score (nSPS) is 26.6. The van der Waals surface area contributed by atoms with Crippen LogP contribution in [-0.4, -0.2) is 43.5 Å². The molecule has 0 aromatic heterocycles. The predicted molar refractivity (Wildman–Crippen MR) is 73.7 cm³/mol. The zero-order valence-electron chi connectivity index (χ0n) is 11.9. The summed E-state index contributed by atoms with van der Waals surface area (Å²) >= 11 is 0. The van der Waals surface area contributed by atoms with E-state index in [1.54, 1.807) is 11.9 Å². The first-order chi connectivity index (χ1) is 9.10. The van der Waals surface area contributed by atoms with Crippen LogP contribution >= 0.6 is 0 Å². The van der Waals surface area contributed by atoms with Crippen molar-refractivity contribution in [2.45, 2.75) is 44.6 Å². The Bertz CT molecular complexity index is 334. The number of hydrogen-bond acceptors (Lipinski definition) is 2. The van der Waals surface area contributed by atoms with Gasteiger partial charge < -0.3 is 15.5 Å². The molecule has 0 aromatic carbocycles. The predicted octanol–water partition coefficient (Wildman–Crippen LogP) is 1.34. The maximum Gasteiger partial charge on any atom is 0.317 e. The molecule has 0 radical (unpaired) electrons. The van der Waals surface area contributed by atoms with E-state index in [0.717, 1.165) is 38.1 Å². The molecule has 2 fully saturated rings. The molecule has 5 heteroatoms. The molecule has 2 rings (SSSR count). The van der Waals surface area contributed by atoms with Crippen molar-refractivity contribution in [3.63, 3.8) is 0 Å². The fourth-order valence-electron chi connectivity index (χ4n) is 2.76. The largest absolute Gasteiger partial charge is 0.359 e. The summed E-state index contributed by atoms with van der Waals surface area (Å²) in [5.74, 6) is 0.984. The summed E-state index contributed by atoms with van der Waals surface area (Å²) in [4.78, 5) is 25.3. The first-order valence-electron chi connectivity index (χ1n) is 7.33. The molecule has 0 saturated heterocycles. The average Bonchev–Trinajstić information content (AvgIpc) is 3.22. The van der Waals surface area contributed by atoms with E-state index in [2.05, 4.69) is 10.6 Å². The summed E-state index contributed by atoms with van der Waals surface area (Å²) in [5.41, 5.74) is 0. The van der Waals surface area contributed by atoms with Gasteiger partial charge in [0.15, 0.2) is 0 Å². The number of nitrogens with zero attached hydrogens (tertiary/aromatic N) is 1. The van der Waals surface area contributed by atoms with Crippen molar-refractivity contribution >= 4 is 11.9 Å². The van der Waals surface area contributed by atoms with Crippen LogP contribution in [0.1, 0.15) is 38.5 Å². The smallest absolute Gasteiger partial charge is 0.317 e. The van der Waals surface area contributed by atoms with Crippen LogP contribution in [0.15, 0.2) is 0 Å². The zero-order valence-corrected chi connectivity index (χ0v) is 11.9. The molecule has 2 N–H and O–H groups in total. The third kappa shape index (κ3) is 4.11. The summed E-state index contributed by atoms with van der Waals surface area (Å²) in [6.45, 7) is 0.874. The van der Waals surface area contributed by atoms with Crippen molar-refractivity contribution in [3.05, 3.63) is 0 Å². The highest BCUT2D eigenvalue weighted by atomic mass is 16.2. The molecule has 0 aliphatic heterocycles. The second kappa shape index (κ2) is 6.26. The van der Waals surface area contributed by atoms with Gasteiger partial charge in [-0.1, -0.05) is 0 Å². The van der Waals surface area contributed by atoms with E-state index in [4.69, 9.17) is 0 Å². The van der Waals surface area contributed by atoms with Crippen LogP contribution in [0.5, 0.6) is 0 Å². The first-order valence-corrected chi connectivity index (χ1v) is 7.33. The summed E-state index contributed by atoms with van der Waals surface area (Å²) in [7, 11) is 3.55. The molecule has 0 aromatic rings. The minimum atomic E-state index is 0.0373. The Kier molecular flexibility index (Phi) is 4.66. The lowest BCUT2D eigenvalue weighted by Gasteiger charge is -2.29. The Morgan fingerprint density at radius 1 is 1.11 bits per heavy atom. The molecule has 19 heavy (non-hydrogen) atoms. The quantitative estimate of drug-likeness (QED) is 0.807. The third-order valence-corrected chi connectivity index (χ3v) is 4.25. The van der Waals surface area contributed by atoms with E-state index in [9.17, 15) is 9.59 Å². The molecular weight excluding hydrogens is 242 g/mol. The molecule has 108 valence electrons. The maximum absolute atomic E-state index is 12.0.